The topological polar surface area (TPSA) is 54.4 Å². The van der Waals surface area contributed by atoms with Gasteiger partial charge in [-0.25, -0.2) is 0 Å². The van der Waals surface area contributed by atoms with E-state index >= 15 is 0 Å². The molecule has 0 aliphatic rings. The van der Waals surface area contributed by atoms with Gasteiger partial charge in [-0.1, -0.05) is 23.7 Å². The molecule has 0 saturated carbocycles. The number of rotatable bonds is 6. The largest absolute Gasteiger partial charge is 0.355 e. The molecule has 0 aliphatic heterocycles. The average Bonchev–Trinajstić information content (AvgIpc) is 2.73. The second kappa shape index (κ2) is 7.11. The molecular weight excluding hydrogens is 312 g/mol. The van der Waals surface area contributed by atoms with Gasteiger partial charge < -0.3 is 9.88 Å². The zero-order valence-electron chi connectivity index (χ0n) is 13.9. The van der Waals surface area contributed by atoms with Crippen LogP contribution in [0.4, 0.5) is 0 Å². The van der Waals surface area contributed by atoms with Gasteiger partial charge in [0.2, 0.25) is 5.78 Å². The summed E-state index contributed by atoms with van der Waals surface area (Å²) in [7, 11) is 1.97. The molecule has 2 rings (SSSR count). The minimum Gasteiger partial charge on any atom is -0.355 e. The van der Waals surface area contributed by atoms with Crippen molar-refractivity contribution in [1.29, 1.82) is 0 Å². The first-order valence-corrected chi connectivity index (χ1v) is 7.96. The van der Waals surface area contributed by atoms with Gasteiger partial charge in [-0.05, 0) is 38.5 Å². The molecule has 1 aromatic heterocycles. The Balaban J connectivity index is 2.10. The van der Waals surface area contributed by atoms with Crippen molar-refractivity contribution in [3.63, 3.8) is 0 Å². The first kappa shape index (κ1) is 17.4. The van der Waals surface area contributed by atoms with E-state index in [0.29, 0.717) is 29.4 Å². The summed E-state index contributed by atoms with van der Waals surface area (Å²) >= 11 is 5.99. The van der Waals surface area contributed by atoms with Crippen LogP contribution in [0.15, 0.2) is 24.3 Å². The van der Waals surface area contributed by atoms with Crippen LogP contribution < -0.4 is 4.90 Å². The quantitative estimate of drug-likeness (QED) is 0.797. The molecule has 0 amide bonds. The number of aryl methyl sites for hydroxylation is 1. The fourth-order valence-corrected chi connectivity index (χ4v) is 3.19. The first-order valence-electron chi connectivity index (χ1n) is 7.58. The lowest BCUT2D eigenvalue weighted by molar-refractivity contribution is -0.884. The highest BCUT2D eigenvalue weighted by Crippen LogP contribution is 2.18. The molecule has 0 aliphatic carbocycles. The third-order valence-electron chi connectivity index (χ3n) is 3.93. The Kier molecular flexibility index (Phi) is 5.39. The average molecular weight is 334 g/mol. The molecule has 4 nitrogen and oxygen atoms in total. The second-order valence-corrected chi connectivity index (χ2v) is 6.48. The van der Waals surface area contributed by atoms with Crippen molar-refractivity contribution in [3.05, 3.63) is 57.4 Å². The number of H-pyrrole nitrogens is 1. The number of nitrogens with one attached hydrogen (secondary N) is 2. The second-order valence-electron chi connectivity index (χ2n) is 6.04. The highest BCUT2D eigenvalue weighted by atomic mass is 35.5. The summed E-state index contributed by atoms with van der Waals surface area (Å²) in [4.78, 5) is 28.3. The van der Waals surface area contributed by atoms with Crippen LogP contribution in [0.1, 0.15) is 44.6 Å². The van der Waals surface area contributed by atoms with Gasteiger partial charge in [0, 0.05) is 21.8 Å². The van der Waals surface area contributed by atoms with Gasteiger partial charge in [0.05, 0.1) is 12.7 Å². The predicted molar refractivity (Wildman–Crippen MR) is 91.5 cm³/mol. The molecule has 1 aromatic carbocycles. The van der Waals surface area contributed by atoms with Crippen molar-refractivity contribution < 1.29 is 14.5 Å². The van der Waals surface area contributed by atoms with Gasteiger partial charge in [0.15, 0.2) is 5.78 Å². The lowest BCUT2D eigenvalue weighted by atomic mass is 10.1. The van der Waals surface area contributed by atoms with Gasteiger partial charge in [0.1, 0.15) is 13.1 Å². The number of aromatic nitrogens is 1. The van der Waals surface area contributed by atoms with E-state index in [1.54, 1.807) is 0 Å². The maximum Gasteiger partial charge on any atom is 0.233 e. The van der Waals surface area contributed by atoms with Gasteiger partial charge in [-0.2, -0.15) is 0 Å². The Morgan fingerprint density at radius 2 is 1.96 bits per heavy atom. The van der Waals surface area contributed by atoms with E-state index in [1.165, 1.54) is 6.92 Å². The summed E-state index contributed by atoms with van der Waals surface area (Å²) < 4.78 is 0. The number of quaternary nitrogens is 1. The van der Waals surface area contributed by atoms with E-state index < -0.39 is 0 Å². The molecule has 23 heavy (non-hydrogen) atoms. The van der Waals surface area contributed by atoms with Crippen molar-refractivity contribution in [3.8, 4) is 0 Å². The number of halogens is 1. The van der Waals surface area contributed by atoms with Crippen LogP contribution in [0.25, 0.3) is 0 Å². The van der Waals surface area contributed by atoms with E-state index in [0.717, 1.165) is 21.7 Å². The van der Waals surface area contributed by atoms with Crippen molar-refractivity contribution in [2.75, 3.05) is 13.6 Å². The molecule has 1 heterocycles. The van der Waals surface area contributed by atoms with Crippen LogP contribution in [0.3, 0.4) is 0 Å². The number of ketones is 2. The van der Waals surface area contributed by atoms with Crippen molar-refractivity contribution in [2.24, 2.45) is 0 Å². The summed E-state index contributed by atoms with van der Waals surface area (Å²) in [6.45, 7) is 6.23. The summed E-state index contributed by atoms with van der Waals surface area (Å²) in [5.74, 6) is -0.00689. The fraction of sp³-hybridized carbons (Fsp3) is 0.333. The number of likely N-dealkylation sites (N-methyl/N-ethyl adjacent to an activating group) is 1. The molecule has 1 unspecified atom stereocenters. The van der Waals surface area contributed by atoms with Crippen LogP contribution >= 0.6 is 11.6 Å². The molecule has 0 bridgehead atoms. The van der Waals surface area contributed by atoms with Crippen LogP contribution in [0, 0.1) is 13.8 Å². The zero-order valence-corrected chi connectivity index (χ0v) is 14.7. The maximum absolute atomic E-state index is 12.5. The number of hydrogen-bond donors (Lipinski definition) is 2. The number of carbonyl (C=O) groups excluding carboxylic acids is 2. The highest BCUT2D eigenvalue weighted by Gasteiger charge is 2.22. The molecule has 0 saturated heterocycles. The minimum absolute atomic E-state index is 0.0117. The number of aromatic amines is 1. The SMILES string of the molecule is CC(=O)c1c(C)[nH]c(C(=O)C[NH+](C)Cc2cccc(Cl)c2)c1C. The van der Waals surface area contributed by atoms with E-state index in [9.17, 15) is 9.59 Å². The van der Waals surface area contributed by atoms with Gasteiger partial charge in [0.25, 0.3) is 0 Å². The van der Waals surface area contributed by atoms with E-state index in [-0.39, 0.29) is 11.6 Å². The Morgan fingerprint density at radius 1 is 1.26 bits per heavy atom. The smallest absolute Gasteiger partial charge is 0.233 e. The fourth-order valence-electron chi connectivity index (χ4n) is 2.98. The van der Waals surface area contributed by atoms with Crippen LogP contribution in [0.5, 0.6) is 0 Å². The van der Waals surface area contributed by atoms with Crippen molar-refractivity contribution in [1.82, 2.24) is 4.98 Å². The number of hydrogen-bond acceptors (Lipinski definition) is 2. The summed E-state index contributed by atoms with van der Waals surface area (Å²) in [5.41, 5.74) is 3.76. The van der Waals surface area contributed by atoms with E-state index in [1.807, 2.05) is 45.2 Å². The van der Waals surface area contributed by atoms with Crippen LogP contribution in [-0.4, -0.2) is 30.1 Å². The predicted octanol–water partition coefficient (Wildman–Crippen LogP) is 2.39. The monoisotopic (exact) mass is 333 g/mol. The van der Waals surface area contributed by atoms with Crippen molar-refractivity contribution in [2.45, 2.75) is 27.3 Å². The third kappa shape index (κ3) is 4.09. The molecular formula is C18H22ClN2O2+. The molecule has 0 fully saturated rings. The summed E-state index contributed by atoms with van der Waals surface area (Å²) in [6, 6.07) is 7.65. The van der Waals surface area contributed by atoms with Gasteiger partial charge in [-0.15, -0.1) is 0 Å². The third-order valence-corrected chi connectivity index (χ3v) is 4.16. The number of carbonyl (C=O) groups is 2. The molecule has 122 valence electrons. The van der Waals surface area contributed by atoms with Crippen LogP contribution in [-0.2, 0) is 6.54 Å². The minimum atomic E-state index is -0.0186. The zero-order chi connectivity index (χ0) is 17.1. The van der Waals surface area contributed by atoms with Crippen molar-refractivity contribution >= 4 is 23.2 Å². The highest BCUT2D eigenvalue weighted by molar-refractivity contribution is 6.30. The molecule has 0 spiro atoms. The number of benzene rings is 1. The molecule has 2 aromatic rings. The normalized spacial score (nSPS) is 12.2. The van der Waals surface area contributed by atoms with Crippen LogP contribution in [0.2, 0.25) is 5.02 Å². The van der Waals surface area contributed by atoms with Gasteiger partial charge >= 0.3 is 0 Å². The molecule has 5 heteroatoms. The Hall–Kier alpha value is -1.91. The Morgan fingerprint density at radius 3 is 2.52 bits per heavy atom. The standard InChI is InChI=1S/C18H21ClN2O2/c1-11-17(13(3)22)12(2)20-18(11)16(23)10-21(4)9-14-6-5-7-15(19)8-14/h5-8,20H,9-10H2,1-4H3/p+1. The maximum atomic E-state index is 12.5. The number of Topliss-reactive ketones (excluding diaryl/α,β-unsaturated/α-hetero) is 2. The summed E-state index contributed by atoms with van der Waals surface area (Å²) in [6.07, 6.45) is 0. The first-order chi connectivity index (χ1) is 10.8. The van der Waals surface area contributed by atoms with E-state index in [2.05, 4.69) is 4.98 Å². The Labute approximate surface area is 141 Å². The molecule has 0 radical (unpaired) electrons. The lowest BCUT2D eigenvalue weighted by Gasteiger charge is -2.13. The lowest BCUT2D eigenvalue weighted by Crippen LogP contribution is -3.08. The molecule has 1 atom stereocenters. The van der Waals surface area contributed by atoms with Gasteiger partial charge in [-0.3, -0.25) is 9.59 Å². The van der Waals surface area contributed by atoms with E-state index in [4.69, 9.17) is 11.6 Å². The Bertz CT molecular complexity index is 749. The molecule has 2 N–H and O–H groups in total. The summed E-state index contributed by atoms with van der Waals surface area (Å²) in [5, 5.41) is 0.698.